The molecular weight excluding hydrogens is 276 g/mol. The Morgan fingerprint density at radius 1 is 0.682 bits per heavy atom. The van der Waals surface area contributed by atoms with E-state index >= 15 is 0 Å². The lowest BCUT2D eigenvalue weighted by atomic mass is 9.92. The summed E-state index contributed by atoms with van der Waals surface area (Å²) in [5, 5.41) is 25.8. The Kier molecular flexibility index (Phi) is 11.1. The first-order valence-electron chi connectivity index (χ1n) is 9.51. The monoisotopic (exact) mass is 314 g/mol. The van der Waals surface area contributed by atoms with Gasteiger partial charge in [0.15, 0.2) is 0 Å². The number of rotatable bonds is 6. The molecule has 2 aliphatic carbocycles. The van der Waals surface area contributed by atoms with Crippen molar-refractivity contribution in [2.24, 2.45) is 0 Å². The van der Waals surface area contributed by atoms with Crippen molar-refractivity contribution in [1.29, 1.82) is 0 Å². The van der Waals surface area contributed by atoms with Gasteiger partial charge in [-0.2, -0.15) is 0 Å². The van der Waals surface area contributed by atoms with E-state index in [4.69, 9.17) is 0 Å². The summed E-state index contributed by atoms with van der Waals surface area (Å²) in [5.41, 5.74) is 0. The highest BCUT2D eigenvalue weighted by Gasteiger charge is 2.22. The average molecular weight is 315 g/mol. The molecule has 4 nitrogen and oxygen atoms in total. The Bertz CT molecular complexity index is 237. The van der Waals surface area contributed by atoms with Crippen molar-refractivity contribution >= 4 is 0 Å². The first-order valence-corrected chi connectivity index (χ1v) is 9.51. The van der Waals surface area contributed by atoms with Gasteiger partial charge in [-0.25, -0.2) is 0 Å². The molecule has 0 bridgehead atoms. The Morgan fingerprint density at radius 3 is 1.36 bits per heavy atom. The fraction of sp³-hybridized carbons (Fsp3) is 1.00. The first kappa shape index (κ1) is 19.9. The summed E-state index contributed by atoms with van der Waals surface area (Å²) in [6.45, 7) is 6.40. The molecule has 0 unspecified atom stereocenters. The summed E-state index contributed by atoms with van der Waals surface area (Å²) in [4.78, 5) is 0. The summed E-state index contributed by atoms with van der Waals surface area (Å²) in [5.74, 6) is 0. The van der Waals surface area contributed by atoms with Crippen LogP contribution >= 0.6 is 0 Å². The Hall–Kier alpha value is -0.160. The van der Waals surface area contributed by atoms with E-state index in [1.807, 2.05) is 0 Å². The van der Waals surface area contributed by atoms with Crippen LogP contribution in [0, 0.1) is 0 Å². The quantitative estimate of drug-likeness (QED) is 0.608. The minimum Gasteiger partial charge on any atom is -0.392 e. The predicted molar refractivity (Wildman–Crippen MR) is 93.1 cm³/mol. The van der Waals surface area contributed by atoms with Crippen molar-refractivity contribution in [3.8, 4) is 0 Å². The molecule has 0 aromatic rings. The predicted octanol–water partition coefficient (Wildman–Crippen LogP) is 2.58. The zero-order valence-electron chi connectivity index (χ0n) is 14.7. The largest absolute Gasteiger partial charge is 0.392 e. The topological polar surface area (TPSA) is 64.5 Å². The normalized spacial score (nSPS) is 32.2. The van der Waals surface area contributed by atoms with Gasteiger partial charge in [-0.05, 0) is 51.6 Å². The van der Waals surface area contributed by atoms with Crippen LogP contribution in [0.15, 0.2) is 0 Å². The number of aliphatic hydroxyl groups excluding tert-OH is 2. The van der Waals surface area contributed by atoms with E-state index in [9.17, 15) is 10.2 Å². The van der Waals surface area contributed by atoms with Crippen molar-refractivity contribution in [1.82, 2.24) is 10.6 Å². The molecule has 0 aromatic heterocycles. The first-order chi connectivity index (χ1) is 10.7. The van der Waals surface area contributed by atoms with Gasteiger partial charge in [-0.15, -0.1) is 0 Å². The number of aliphatic hydroxyl groups is 2. The van der Waals surface area contributed by atoms with E-state index in [-0.39, 0.29) is 12.2 Å². The van der Waals surface area contributed by atoms with Crippen LogP contribution in [0.1, 0.15) is 78.1 Å². The minimum atomic E-state index is -0.0877. The van der Waals surface area contributed by atoms with Crippen molar-refractivity contribution in [3.05, 3.63) is 0 Å². The smallest absolute Gasteiger partial charge is 0.0693 e. The van der Waals surface area contributed by atoms with Gasteiger partial charge in [-0.1, -0.05) is 39.5 Å². The van der Waals surface area contributed by atoms with Gasteiger partial charge >= 0.3 is 0 Å². The van der Waals surface area contributed by atoms with Crippen LogP contribution in [0.5, 0.6) is 0 Å². The van der Waals surface area contributed by atoms with Gasteiger partial charge < -0.3 is 20.8 Å². The summed E-state index contributed by atoms with van der Waals surface area (Å²) < 4.78 is 0. The van der Waals surface area contributed by atoms with Gasteiger partial charge in [0, 0.05) is 12.1 Å². The second-order valence-electron chi connectivity index (χ2n) is 6.82. The van der Waals surface area contributed by atoms with E-state index in [0.29, 0.717) is 12.1 Å². The number of nitrogens with one attached hydrogen (secondary N) is 2. The molecule has 2 aliphatic rings. The highest BCUT2D eigenvalue weighted by molar-refractivity contribution is 4.80. The Labute approximate surface area is 137 Å². The van der Waals surface area contributed by atoms with Crippen LogP contribution in [0.25, 0.3) is 0 Å². The zero-order valence-corrected chi connectivity index (χ0v) is 14.7. The van der Waals surface area contributed by atoms with E-state index in [0.717, 1.165) is 51.6 Å². The third-order valence-electron chi connectivity index (χ3n) is 4.77. The maximum Gasteiger partial charge on any atom is 0.0693 e. The van der Waals surface area contributed by atoms with Crippen LogP contribution in [-0.2, 0) is 0 Å². The van der Waals surface area contributed by atoms with Crippen molar-refractivity contribution in [2.75, 3.05) is 13.1 Å². The van der Waals surface area contributed by atoms with Crippen LogP contribution < -0.4 is 10.6 Å². The summed E-state index contributed by atoms with van der Waals surface area (Å²) >= 11 is 0. The molecular formula is C18H38N2O2. The lowest BCUT2D eigenvalue weighted by Gasteiger charge is -2.28. The van der Waals surface area contributed by atoms with Gasteiger partial charge in [0.25, 0.3) is 0 Å². The second kappa shape index (κ2) is 12.3. The molecule has 0 aliphatic heterocycles. The average Bonchev–Trinajstić information content (AvgIpc) is 2.54. The Balaban J connectivity index is 0.000000220. The molecule has 4 atom stereocenters. The Morgan fingerprint density at radius 2 is 1.05 bits per heavy atom. The molecule has 4 N–H and O–H groups in total. The molecule has 0 aromatic carbocycles. The standard InChI is InChI=1S/2C9H19NO/c2*1-2-7-10-8-5-3-4-6-9(8)11/h2*8-11H,2-7H2,1H3/t2*8-,9-/m10/s1. The molecule has 0 saturated heterocycles. The minimum absolute atomic E-state index is 0.0877. The van der Waals surface area contributed by atoms with E-state index < -0.39 is 0 Å². The third kappa shape index (κ3) is 7.91. The molecule has 132 valence electrons. The SMILES string of the molecule is CCCN[C@@H]1CCCC[C@H]1O.CCCN[C@H]1CCCC[C@@H]1O. The van der Waals surface area contributed by atoms with Gasteiger partial charge in [0.2, 0.25) is 0 Å². The highest BCUT2D eigenvalue weighted by atomic mass is 16.3. The van der Waals surface area contributed by atoms with Crippen molar-refractivity contribution in [3.63, 3.8) is 0 Å². The molecule has 0 spiro atoms. The van der Waals surface area contributed by atoms with Crippen molar-refractivity contribution in [2.45, 2.75) is 102 Å². The maximum atomic E-state index is 9.53. The molecule has 2 fully saturated rings. The van der Waals surface area contributed by atoms with Gasteiger partial charge in [-0.3, -0.25) is 0 Å². The van der Waals surface area contributed by atoms with E-state index in [1.165, 1.54) is 25.7 Å². The fourth-order valence-corrected chi connectivity index (χ4v) is 3.36. The molecule has 2 saturated carbocycles. The van der Waals surface area contributed by atoms with Crippen LogP contribution in [0.4, 0.5) is 0 Å². The summed E-state index contributed by atoms with van der Waals surface area (Å²) in [6, 6.07) is 0.757. The summed E-state index contributed by atoms with van der Waals surface area (Å²) in [6.07, 6.45) is 11.4. The molecule has 4 heteroatoms. The third-order valence-corrected chi connectivity index (χ3v) is 4.77. The van der Waals surface area contributed by atoms with Crippen LogP contribution in [-0.4, -0.2) is 47.6 Å². The van der Waals surface area contributed by atoms with Crippen LogP contribution in [0.2, 0.25) is 0 Å². The van der Waals surface area contributed by atoms with Gasteiger partial charge in [0.1, 0.15) is 0 Å². The molecule has 2 rings (SSSR count). The lowest BCUT2D eigenvalue weighted by Crippen LogP contribution is -2.42. The molecule has 0 amide bonds. The lowest BCUT2D eigenvalue weighted by molar-refractivity contribution is 0.0911. The molecule has 22 heavy (non-hydrogen) atoms. The highest BCUT2D eigenvalue weighted by Crippen LogP contribution is 2.18. The molecule has 0 heterocycles. The summed E-state index contributed by atoms with van der Waals surface area (Å²) in [7, 11) is 0. The van der Waals surface area contributed by atoms with E-state index in [1.54, 1.807) is 0 Å². The maximum absolute atomic E-state index is 9.53. The zero-order chi connectivity index (χ0) is 16.2. The van der Waals surface area contributed by atoms with Gasteiger partial charge in [0.05, 0.1) is 12.2 Å². The number of hydrogen-bond acceptors (Lipinski definition) is 4. The van der Waals surface area contributed by atoms with Crippen LogP contribution in [0.3, 0.4) is 0 Å². The van der Waals surface area contributed by atoms with E-state index in [2.05, 4.69) is 24.5 Å². The number of hydrogen-bond donors (Lipinski definition) is 4. The fourth-order valence-electron chi connectivity index (χ4n) is 3.36. The molecule has 0 radical (unpaired) electrons. The van der Waals surface area contributed by atoms with Crippen molar-refractivity contribution < 1.29 is 10.2 Å². The second-order valence-corrected chi connectivity index (χ2v) is 6.82.